The van der Waals surface area contributed by atoms with Crippen LogP contribution in [0.1, 0.15) is 27.5 Å². The van der Waals surface area contributed by atoms with Crippen LogP contribution < -0.4 is 5.32 Å². The van der Waals surface area contributed by atoms with E-state index in [1.165, 1.54) is 5.56 Å². The number of amides is 1. The van der Waals surface area contributed by atoms with Gasteiger partial charge in [-0.15, -0.1) is 0 Å². The molecule has 2 heterocycles. The Morgan fingerprint density at radius 1 is 1.21 bits per heavy atom. The number of pyridine rings is 1. The highest BCUT2D eigenvalue weighted by atomic mass is 35.5. The average molecular weight is 273 g/mol. The molecule has 0 bridgehead atoms. The van der Waals surface area contributed by atoms with Gasteiger partial charge in [0.25, 0.3) is 5.91 Å². The predicted molar refractivity (Wildman–Crippen MR) is 74.5 cm³/mol. The van der Waals surface area contributed by atoms with Crippen molar-refractivity contribution in [1.29, 1.82) is 0 Å². The second kappa shape index (κ2) is 5.02. The lowest BCUT2D eigenvalue weighted by Crippen LogP contribution is -2.36. The van der Waals surface area contributed by atoms with Gasteiger partial charge in [-0.05, 0) is 24.1 Å². The highest BCUT2D eigenvalue weighted by Gasteiger charge is 2.26. The van der Waals surface area contributed by atoms with Crippen LogP contribution in [0.3, 0.4) is 0 Å². The molecule has 4 heteroatoms. The summed E-state index contributed by atoms with van der Waals surface area (Å²) in [4.78, 5) is 16.1. The van der Waals surface area contributed by atoms with E-state index in [1.807, 2.05) is 18.2 Å². The van der Waals surface area contributed by atoms with Crippen LogP contribution in [0, 0.1) is 0 Å². The Bertz CT molecular complexity index is 613. The van der Waals surface area contributed by atoms with E-state index in [0.29, 0.717) is 17.3 Å². The Morgan fingerprint density at radius 3 is 2.79 bits per heavy atom. The Labute approximate surface area is 116 Å². The molecule has 1 aliphatic rings. The maximum atomic E-state index is 11.8. The maximum Gasteiger partial charge on any atom is 0.253 e. The topological polar surface area (TPSA) is 42.0 Å². The van der Waals surface area contributed by atoms with Gasteiger partial charge in [-0.1, -0.05) is 41.9 Å². The van der Waals surface area contributed by atoms with E-state index < -0.39 is 0 Å². The smallest absolute Gasteiger partial charge is 0.253 e. The van der Waals surface area contributed by atoms with Crippen LogP contribution in [0.2, 0.25) is 5.15 Å². The molecule has 0 saturated heterocycles. The lowest BCUT2D eigenvalue weighted by molar-refractivity contribution is 0.0938. The fraction of sp³-hybridized carbons (Fsp3) is 0.200. The van der Waals surface area contributed by atoms with Crippen molar-refractivity contribution >= 4 is 17.5 Å². The molecule has 3 nitrogen and oxygen atoms in total. The van der Waals surface area contributed by atoms with Crippen LogP contribution in [0.4, 0.5) is 0 Å². The van der Waals surface area contributed by atoms with E-state index in [2.05, 4.69) is 22.4 Å². The Hall–Kier alpha value is -1.87. The summed E-state index contributed by atoms with van der Waals surface area (Å²) in [6.07, 6.45) is 0.849. The van der Waals surface area contributed by atoms with E-state index >= 15 is 0 Å². The molecule has 1 atom stereocenters. The van der Waals surface area contributed by atoms with Crippen molar-refractivity contribution in [1.82, 2.24) is 10.3 Å². The summed E-state index contributed by atoms with van der Waals surface area (Å²) >= 11 is 5.95. The second-order valence-corrected chi connectivity index (χ2v) is 5.05. The quantitative estimate of drug-likeness (QED) is 0.854. The monoisotopic (exact) mass is 272 g/mol. The SMILES string of the molecule is O=C1NC[C@H](Cc2ccccc2)c2nc(Cl)ccc21. The predicted octanol–water partition coefficient (Wildman–Crippen LogP) is 2.80. The minimum Gasteiger partial charge on any atom is -0.351 e. The number of halogens is 1. The molecule has 0 unspecified atom stereocenters. The molecule has 0 saturated carbocycles. The number of hydrogen-bond acceptors (Lipinski definition) is 2. The van der Waals surface area contributed by atoms with Crippen LogP contribution in [-0.2, 0) is 6.42 Å². The van der Waals surface area contributed by atoms with Crippen molar-refractivity contribution in [3.63, 3.8) is 0 Å². The molecular formula is C15H13ClN2O. The number of benzene rings is 1. The third-order valence-electron chi connectivity index (χ3n) is 3.36. The second-order valence-electron chi connectivity index (χ2n) is 4.66. The van der Waals surface area contributed by atoms with Crippen LogP contribution in [-0.4, -0.2) is 17.4 Å². The summed E-state index contributed by atoms with van der Waals surface area (Å²) in [6.45, 7) is 0.605. The fourth-order valence-electron chi connectivity index (χ4n) is 2.43. The average Bonchev–Trinajstić information content (AvgIpc) is 2.43. The Balaban J connectivity index is 1.95. The molecule has 1 aromatic carbocycles. The summed E-state index contributed by atoms with van der Waals surface area (Å²) in [5, 5.41) is 3.34. The van der Waals surface area contributed by atoms with Gasteiger partial charge in [0.15, 0.2) is 0 Å². The molecular weight excluding hydrogens is 260 g/mol. The first kappa shape index (κ1) is 12.2. The lowest BCUT2D eigenvalue weighted by Gasteiger charge is -2.24. The Kier molecular flexibility index (Phi) is 3.22. The van der Waals surface area contributed by atoms with E-state index in [-0.39, 0.29) is 11.8 Å². The van der Waals surface area contributed by atoms with Crippen LogP contribution in [0.25, 0.3) is 0 Å². The van der Waals surface area contributed by atoms with E-state index in [9.17, 15) is 4.79 Å². The van der Waals surface area contributed by atoms with Crippen molar-refractivity contribution in [2.45, 2.75) is 12.3 Å². The van der Waals surface area contributed by atoms with Gasteiger partial charge in [0.2, 0.25) is 0 Å². The third-order valence-corrected chi connectivity index (χ3v) is 3.57. The number of nitrogens with zero attached hydrogens (tertiary/aromatic N) is 1. The Morgan fingerprint density at radius 2 is 2.00 bits per heavy atom. The lowest BCUT2D eigenvalue weighted by atomic mass is 9.90. The van der Waals surface area contributed by atoms with E-state index in [4.69, 9.17) is 11.6 Å². The van der Waals surface area contributed by atoms with Gasteiger partial charge in [0, 0.05) is 12.5 Å². The molecule has 2 aromatic rings. The molecule has 1 aromatic heterocycles. The van der Waals surface area contributed by atoms with Crippen molar-refractivity contribution in [3.05, 3.63) is 64.4 Å². The number of aromatic nitrogens is 1. The molecule has 3 rings (SSSR count). The molecule has 19 heavy (non-hydrogen) atoms. The van der Waals surface area contributed by atoms with Gasteiger partial charge in [-0.2, -0.15) is 0 Å². The van der Waals surface area contributed by atoms with Crippen molar-refractivity contribution in [2.75, 3.05) is 6.54 Å². The molecule has 1 aliphatic heterocycles. The largest absolute Gasteiger partial charge is 0.351 e. The standard InChI is InChI=1S/C15H13ClN2O/c16-13-7-6-12-14(18-13)11(9-17-15(12)19)8-10-4-2-1-3-5-10/h1-7,11H,8-9H2,(H,17,19)/t11-/m0/s1. The van der Waals surface area contributed by atoms with Crippen molar-refractivity contribution in [3.8, 4) is 0 Å². The maximum absolute atomic E-state index is 11.8. The number of fused-ring (bicyclic) bond motifs is 1. The van der Waals surface area contributed by atoms with Gasteiger partial charge < -0.3 is 5.32 Å². The molecule has 0 spiro atoms. The van der Waals surface area contributed by atoms with Crippen molar-refractivity contribution in [2.24, 2.45) is 0 Å². The first-order chi connectivity index (χ1) is 9.24. The van der Waals surface area contributed by atoms with Gasteiger partial charge in [0.1, 0.15) is 5.15 Å². The number of hydrogen-bond donors (Lipinski definition) is 1. The summed E-state index contributed by atoms with van der Waals surface area (Å²) in [5.74, 6) is 0.109. The minimum atomic E-state index is -0.0662. The van der Waals surface area contributed by atoms with E-state index in [0.717, 1.165) is 12.1 Å². The molecule has 0 aliphatic carbocycles. The molecule has 0 fully saturated rings. The minimum absolute atomic E-state index is 0.0662. The normalized spacial score (nSPS) is 17.7. The summed E-state index contributed by atoms with van der Waals surface area (Å²) in [5.41, 5.74) is 2.67. The number of carbonyl (C=O) groups is 1. The fourth-order valence-corrected chi connectivity index (χ4v) is 2.58. The van der Waals surface area contributed by atoms with Gasteiger partial charge in [-0.3, -0.25) is 4.79 Å². The summed E-state index contributed by atoms with van der Waals surface area (Å²) < 4.78 is 0. The van der Waals surface area contributed by atoms with Gasteiger partial charge in [-0.25, -0.2) is 4.98 Å². The first-order valence-corrected chi connectivity index (χ1v) is 6.60. The zero-order valence-corrected chi connectivity index (χ0v) is 11.0. The highest BCUT2D eigenvalue weighted by Crippen LogP contribution is 2.26. The first-order valence-electron chi connectivity index (χ1n) is 6.22. The molecule has 96 valence electrons. The van der Waals surface area contributed by atoms with Crippen molar-refractivity contribution < 1.29 is 4.79 Å². The third kappa shape index (κ3) is 2.47. The van der Waals surface area contributed by atoms with Crippen LogP contribution in [0.15, 0.2) is 42.5 Å². The molecule has 1 amide bonds. The van der Waals surface area contributed by atoms with Gasteiger partial charge in [0.05, 0.1) is 11.3 Å². The van der Waals surface area contributed by atoms with Crippen LogP contribution in [0.5, 0.6) is 0 Å². The molecule has 1 N–H and O–H groups in total. The zero-order valence-electron chi connectivity index (χ0n) is 10.3. The summed E-state index contributed by atoms with van der Waals surface area (Å²) in [6, 6.07) is 13.6. The van der Waals surface area contributed by atoms with Gasteiger partial charge >= 0.3 is 0 Å². The summed E-state index contributed by atoms with van der Waals surface area (Å²) in [7, 11) is 0. The molecule has 0 radical (unpaired) electrons. The number of rotatable bonds is 2. The van der Waals surface area contributed by atoms with E-state index in [1.54, 1.807) is 12.1 Å². The number of nitrogens with one attached hydrogen (secondary N) is 1. The number of carbonyl (C=O) groups excluding carboxylic acids is 1. The zero-order chi connectivity index (χ0) is 13.2. The highest BCUT2D eigenvalue weighted by molar-refractivity contribution is 6.29. The van der Waals surface area contributed by atoms with Crippen LogP contribution >= 0.6 is 11.6 Å².